The average Bonchev–Trinajstić information content (AvgIpc) is 2.28. The Labute approximate surface area is 83.9 Å². The van der Waals surface area contributed by atoms with E-state index in [1.165, 1.54) is 0 Å². The first kappa shape index (κ1) is 8.40. The summed E-state index contributed by atoms with van der Waals surface area (Å²) in [7, 11) is 0. The molecule has 13 heavy (non-hydrogen) atoms. The van der Waals surface area contributed by atoms with E-state index in [-0.39, 0.29) is 32.2 Å². The lowest BCUT2D eigenvalue weighted by molar-refractivity contribution is 1.11. The van der Waals surface area contributed by atoms with E-state index in [1.807, 2.05) is 4.08 Å². The summed E-state index contributed by atoms with van der Waals surface area (Å²) in [5.41, 5.74) is 6.39. The van der Waals surface area contributed by atoms with E-state index in [9.17, 15) is 4.79 Å². The normalized spacial score (nSPS) is 13.2. The Morgan fingerprint density at radius 1 is 1.62 bits per heavy atom. The third-order valence-corrected chi connectivity index (χ3v) is 2.94. The van der Waals surface area contributed by atoms with Gasteiger partial charge in [0.05, 0.1) is 11.3 Å². The molecule has 0 spiro atoms. The summed E-state index contributed by atoms with van der Waals surface area (Å²) >= 11 is -0.203. The highest BCUT2D eigenvalue weighted by atomic mass is 127. The van der Waals surface area contributed by atoms with Crippen molar-refractivity contribution < 1.29 is 0 Å². The van der Waals surface area contributed by atoms with E-state index in [2.05, 4.69) is 13.6 Å². The Balaban J connectivity index is 2.81. The molecule has 4 nitrogen and oxygen atoms in total. The molecule has 0 radical (unpaired) electrons. The molecule has 3 N–H and O–H groups in total. The lowest BCUT2D eigenvalue weighted by Crippen LogP contribution is -2.15. The van der Waals surface area contributed by atoms with Gasteiger partial charge in [-0.1, -0.05) is 3.67 Å². The number of H-pyrrole nitrogens is 1. The highest BCUT2D eigenvalue weighted by molar-refractivity contribution is 14.2. The third-order valence-electron chi connectivity index (χ3n) is 1.55. The number of anilines is 1. The van der Waals surface area contributed by atoms with Gasteiger partial charge in [0.15, 0.2) is 0 Å². The minimum atomic E-state index is -0.203. The van der Waals surface area contributed by atoms with Crippen LogP contribution in [0.2, 0.25) is 0 Å². The van der Waals surface area contributed by atoms with Crippen molar-refractivity contribution in [3.63, 3.8) is 0 Å². The molecule has 0 atom stereocenters. The van der Waals surface area contributed by atoms with E-state index in [4.69, 9.17) is 5.73 Å². The second-order valence-corrected chi connectivity index (χ2v) is 4.37. The predicted molar refractivity (Wildman–Crippen MR) is 61.8 cm³/mol. The van der Waals surface area contributed by atoms with Crippen molar-refractivity contribution in [2.75, 3.05) is 5.73 Å². The molecule has 66 valence electrons. The van der Waals surface area contributed by atoms with Crippen LogP contribution in [0.3, 0.4) is 0 Å². The van der Waals surface area contributed by atoms with Gasteiger partial charge in [0.25, 0.3) is 5.56 Å². The lowest BCUT2D eigenvalue weighted by atomic mass is 10.2. The zero-order valence-electron chi connectivity index (χ0n) is 6.54. The summed E-state index contributed by atoms with van der Waals surface area (Å²) in [6, 6.07) is 0. The van der Waals surface area contributed by atoms with Gasteiger partial charge in [-0.25, -0.2) is 4.98 Å². The molecule has 2 rings (SSSR count). The van der Waals surface area contributed by atoms with Crippen molar-refractivity contribution in [1.29, 1.82) is 0 Å². The van der Waals surface area contributed by atoms with Crippen LogP contribution in [0.4, 0.5) is 5.95 Å². The number of aromatic nitrogens is 2. The molecule has 0 amide bonds. The molecule has 0 aromatic carbocycles. The fourth-order valence-corrected chi connectivity index (χ4v) is 2.22. The Bertz CT molecular complexity index is 495. The van der Waals surface area contributed by atoms with Gasteiger partial charge in [0, 0.05) is 6.08 Å². The molecular formula is C8H6IN3O. The lowest BCUT2D eigenvalue weighted by Gasteiger charge is -1.98. The van der Waals surface area contributed by atoms with E-state index in [0.29, 0.717) is 11.3 Å². The Kier molecular flexibility index (Phi) is 2.12. The van der Waals surface area contributed by atoms with Crippen molar-refractivity contribution in [3.05, 3.63) is 25.7 Å². The first-order valence-corrected chi connectivity index (χ1v) is 5.87. The molecule has 5 heteroatoms. The maximum Gasteiger partial charge on any atom is 0.260 e. The van der Waals surface area contributed by atoms with Gasteiger partial charge in [0.1, 0.15) is 0 Å². The molecule has 0 saturated heterocycles. The summed E-state index contributed by atoms with van der Waals surface area (Å²) in [5.74, 6) is 0.148. The highest BCUT2D eigenvalue weighted by Gasteiger charge is 2.05. The first-order valence-electron chi connectivity index (χ1n) is 3.55. The van der Waals surface area contributed by atoms with Crippen LogP contribution in [0.5, 0.6) is 0 Å². The Morgan fingerprint density at radius 3 is 3.31 bits per heavy atom. The zero-order valence-corrected chi connectivity index (χ0v) is 8.70. The summed E-state index contributed by atoms with van der Waals surface area (Å²) in [5, 5.41) is 0. The van der Waals surface area contributed by atoms with Gasteiger partial charge >= 0.3 is 0 Å². The molecule has 2 heterocycles. The molecule has 1 aromatic heterocycles. The number of aromatic amines is 1. The third kappa shape index (κ3) is 1.61. The van der Waals surface area contributed by atoms with E-state index in [1.54, 1.807) is 12.2 Å². The Morgan fingerprint density at radius 2 is 2.46 bits per heavy atom. The SMILES string of the molecule is Nc1nc2c(c(=O)[nH]1)C=CI=C=C2. The second-order valence-electron chi connectivity index (χ2n) is 2.41. The molecule has 1 aliphatic heterocycles. The van der Waals surface area contributed by atoms with Crippen molar-refractivity contribution in [3.8, 4) is 0 Å². The second kappa shape index (κ2) is 3.27. The molecule has 0 aliphatic carbocycles. The topological polar surface area (TPSA) is 71.8 Å². The number of nitrogen functional groups attached to an aromatic ring is 1. The monoisotopic (exact) mass is 287 g/mol. The summed E-state index contributed by atoms with van der Waals surface area (Å²) in [6.45, 7) is 0. The molecule has 0 fully saturated rings. The first-order chi connectivity index (χ1) is 6.27. The van der Waals surface area contributed by atoms with Gasteiger partial charge in [-0.15, -0.1) is 0 Å². The van der Waals surface area contributed by atoms with Crippen molar-refractivity contribution >= 4 is 42.5 Å². The van der Waals surface area contributed by atoms with Crippen molar-refractivity contribution in [2.24, 2.45) is 0 Å². The number of nitrogens with zero attached hydrogens (tertiary/aromatic N) is 1. The van der Waals surface area contributed by atoms with Crippen molar-refractivity contribution in [2.45, 2.75) is 0 Å². The van der Waals surface area contributed by atoms with Gasteiger partial charge in [-0.2, -0.15) is 0 Å². The van der Waals surface area contributed by atoms with Crippen molar-refractivity contribution in [1.82, 2.24) is 9.97 Å². The van der Waals surface area contributed by atoms with Crippen LogP contribution in [-0.4, -0.2) is 13.6 Å². The van der Waals surface area contributed by atoms with Crippen LogP contribution in [0.1, 0.15) is 11.3 Å². The summed E-state index contributed by atoms with van der Waals surface area (Å²) in [4.78, 5) is 17.8. The van der Waals surface area contributed by atoms with Gasteiger partial charge in [0.2, 0.25) is 5.95 Å². The maximum absolute atomic E-state index is 11.4. The fraction of sp³-hybridized carbons (Fsp3) is 0. The zero-order chi connectivity index (χ0) is 9.26. The van der Waals surface area contributed by atoms with Crippen LogP contribution >= 0.6 is 20.7 Å². The van der Waals surface area contributed by atoms with E-state index >= 15 is 0 Å². The average molecular weight is 287 g/mol. The van der Waals surface area contributed by atoms with Crippen LogP contribution in [0.15, 0.2) is 8.88 Å². The smallest absolute Gasteiger partial charge is 0.260 e. The predicted octanol–water partition coefficient (Wildman–Crippen LogP) is 0.721. The minimum Gasteiger partial charge on any atom is -0.369 e. The highest BCUT2D eigenvalue weighted by Crippen LogP contribution is 2.11. The maximum atomic E-state index is 11.4. The summed E-state index contributed by atoms with van der Waals surface area (Å²) < 4.78 is 5.05. The number of nitrogens with one attached hydrogen (secondary N) is 1. The van der Waals surface area contributed by atoms with Crippen LogP contribution in [-0.2, 0) is 0 Å². The van der Waals surface area contributed by atoms with Crippen LogP contribution in [0, 0.1) is 0 Å². The number of hydrogen-bond donors (Lipinski definition) is 2. The number of halogens is 1. The van der Waals surface area contributed by atoms with Gasteiger partial charge in [-0.3, -0.25) is 9.78 Å². The fourth-order valence-electron chi connectivity index (χ4n) is 1.00. The largest absolute Gasteiger partial charge is 0.369 e. The number of nitrogens with two attached hydrogens (primary N) is 1. The minimum absolute atomic E-state index is 0.148. The van der Waals surface area contributed by atoms with Crippen LogP contribution < -0.4 is 11.3 Å². The van der Waals surface area contributed by atoms with Gasteiger partial charge in [-0.05, 0) is 30.9 Å². The number of fused-ring (bicyclic) bond motifs is 1. The van der Waals surface area contributed by atoms with Gasteiger partial charge < -0.3 is 5.73 Å². The number of hydrogen-bond acceptors (Lipinski definition) is 3. The molecule has 0 saturated carbocycles. The number of rotatable bonds is 0. The molecule has 0 unspecified atom stereocenters. The van der Waals surface area contributed by atoms with E-state index in [0.717, 1.165) is 0 Å². The standard InChI is InChI=1S/C8H6IN3O/c10-8-11-6-2-4-9-3-1-5(6)7(13)12-8/h1-3H,(H3,10,11,12,13). The van der Waals surface area contributed by atoms with Crippen LogP contribution in [0.25, 0.3) is 12.2 Å². The molecular weight excluding hydrogens is 281 g/mol. The molecule has 1 aliphatic rings. The molecule has 1 aromatic rings. The summed E-state index contributed by atoms with van der Waals surface area (Å²) in [6.07, 6.45) is 3.51. The molecule has 0 bridgehead atoms. The Hall–Kier alpha value is -1.20. The van der Waals surface area contributed by atoms with E-state index < -0.39 is 0 Å². The quantitative estimate of drug-likeness (QED) is 0.691.